The lowest BCUT2D eigenvalue weighted by Gasteiger charge is -2.54. The van der Waals surface area contributed by atoms with Crippen LogP contribution >= 0.6 is 0 Å². The van der Waals surface area contributed by atoms with E-state index in [4.69, 9.17) is 0 Å². The van der Waals surface area contributed by atoms with Crippen molar-refractivity contribution in [2.45, 2.75) is 43.6 Å². The topological polar surface area (TPSA) is 125 Å². The van der Waals surface area contributed by atoms with Crippen molar-refractivity contribution in [3.05, 3.63) is 29.8 Å². The van der Waals surface area contributed by atoms with Gasteiger partial charge >= 0.3 is 24.3 Å². The third kappa shape index (κ3) is 4.59. The Labute approximate surface area is 183 Å². The number of carbonyl (C=O) groups excluding carboxylic acids is 2. The molecule has 0 radical (unpaired) electrons. The van der Waals surface area contributed by atoms with Gasteiger partial charge in [0.05, 0.1) is 13.2 Å². The maximum Gasteiger partial charge on any atom is 0.432 e. The second-order valence-corrected chi connectivity index (χ2v) is 7.23. The molecule has 14 heteroatoms. The molecule has 8 nitrogen and oxygen atoms in total. The van der Waals surface area contributed by atoms with Crippen molar-refractivity contribution in [1.82, 2.24) is 5.32 Å². The molecular formula is C19H21F6NO7. The number of rotatable bonds is 5. The highest BCUT2D eigenvalue weighted by Crippen LogP contribution is 2.55. The number of esters is 2. The third-order valence-electron chi connectivity index (χ3n) is 5.22. The molecule has 0 saturated carbocycles. The van der Waals surface area contributed by atoms with Crippen LogP contribution < -0.4 is 5.32 Å². The van der Waals surface area contributed by atoms with Crippen LogP contribution in [0.2, 0.25) is 0 Å². The number of halogens is 6. The lowest BCUT2D eigenvalue weighted by Crippen LogP contribution is -2.81. The summed E-state index contributed by atoms with van der Waals surface area (Å²) in [7, 11) is 0. The first-order valence-corrected chi connectivity index (χ1v) is 9.54. The van der Waals surface area contributed by atoms with Crippen molar-refractivity contribution in [2.24, 2.45) is 11.8 Å². The molecule has 33 heavy (non-hydrogen) atoms. The van der Waals surface area contributed by atoms with Gasteiger partial charge in [-0.1, -0.05) is 12.1 Å². The van der Waals surface area contributed by atoms with E-state index >= 15 is 0 Å². The van der Waals surface area contributed by atoms with Gasteiger partial charge in [-0.2, -0.15) is 26.3 Å². The van der Waals surface area contributed by atoms with Crippen LogP contribution in [0.3, 0.4) is 0 Å². The molecule has 2 rings (SSSR count). The fourth-order valence-electron chi connectivity index (χ4n) is 3.83. The summed E-state index contributed by atoms with van der Waals surface area (Å²) in [5, 5.41) is 31.1. The molecule has 1 aliphatic rings. The minimum Gasteiger partial charge on any atom is -0.508 e. The molecule has 0 bridgehead atoms. The Hall–Kier alpha value is -2.58. The first-order chi connectivity index (χ1) is 15.0. The Kier molecular flexibility index (Phi) is 7.26. The molecule has 0 aromatic heterocycles. The monoisotopic (exact) mass is 489 g/mol. The quantitative estimate of drug-likeness (QED) is 0.366. The van der Waals surface area contributed by atoms with Gasteiger partial charge in [-0.15, -0.1) is 0 Å². The van der Waals surface area contributed by atoms with Crippen LogP contribution in [-0.4, -0.2) is 64.3 Å². The van der Waals surface area contributed by atoms with Crippen LogP contribution in [0.15, 0.2) is 24.3 Å². The van der Waals surface area contributed by atoms with Gasteiger partial charge in [0.1, 0.15) is 17.6 Å². The van der Waals surface area contributed by atoms with Crippen molar-refractivity contribution < 1.29 is 60.7 Å². The number of piperidine rings is 1. The summed E-state index contributed by atoms with van der Waals surface area (Å²) in [4.78, 5) is 25.2. The number of phenols is 1. The third-order valence-corrected chi connectivity index (χ3v) is 5.22. The van der Waals surface area contributed by atoms with Crippen molar-refractivity contribution >= 4 is 11.9 Å². The highest BCUT2D eigenvalue weighted by molar-refractivity contribution is 5.81. The Balaban J connectivity index is 2.95. The molecule has 1 heterocycles. The smallest absolute Gasteiger partial charge is 0.432 e. The van der Waals surface area contributed by atoms with E-state index in [1.54, 1.807) is 0 Å². The second-order valence-electron chi connectivity index (χ2n) is 7.23. The van der Waals surface area contributed by atoms with Gasteiger partial charge < -0.3 is 24.8 Å². The Bertz CT molecular complexity index is 827. The van der Waals surface area contributed by atoms with Crippen LogP contribution in [0, 0.1) is 11.8 Å². The van der Waals surface area contributed by atoms with Crippen LogP contribution in [0.25, 0.3) is 0 Å². The lowest BCUT2D eigenvalue weighted by atomic mass is 9.64. The molecule has 0 aliphatic carbocycles. The van der Waals surface area contributed by atoms with Gasteiger partial charge in [0, 0.05) is 5.92 Å². The van der Waals surface area contributed by atoms with Crippen molar-refractivity contribution in [2.75, 3.05) is 13.2 Å². The number of hydrogen-bond donors (Lipinski definition) is 4. The van der Waals surface area contributed by atoms with Gasteiger partial charge in [0.25, 0.3) is 0 Å². The number of hydrogen-bond acceptors (Lipinski definition) is 8. The Morgan fingerprint density at radius 2 is 1.24 bits per heavy atom. The molecule has 1 aromatic rings. The summed E-state index contributed by atoms with van der Waals surface area (Å²) in [5.74, 6) is -12.3. The Morgan fingerprint density at radius 3 is 1.55 bits per heavy atom. The van der Waals surface area contributed by atoms with Crippen molar-refractivity contribution in [3.63, 3.8) is 0 Å². The summed E-state index contributed by atoms with van der Waals surface area (Å²) in [6.45, 7) is 1.37. The molecule has 1 saturated heterocycles. The fourth-order valence-corrected chi connectivity index (χ4v) is 3.83. The molecular weight excluding hydrogens is 468 g/mol. The average molecular weight is 489 g/mol. The molecule has 0 amide bonds. The van der Waals surface area contributed by atoms with E-state index in [0.29, 0.717) is 5.32 Å². The number of phenolic OH excluding ortho intramolecular Hbond substituents is 1. The van der Waals surface area contributed by atoms with Gasteiger partial charge in [-0.05, 0) is 31.5 Å². The number of aromatic hydroxyl groups is 1. The molecule has 5 atom stereocenters. The molecule has 1 unspecified atom stereocenters. The largest absolute Gasteiger partial charge is 0.508 e. The minimum absolute atomic E-state index is 0.440. The SMILES string of the molecule is CCOC(=O)[C@@H]1C(c2ccc(O)cc2)[C@H](C(=O)OCC)[C@](O)(C(F)(F)F)N[C@]1(O)C(F)(F)F. The van der Waals surface area contributed by atoms with E-state index in [1.807, 2.05) is 0 Å². The van der Waals surface area contributed by atoms with Crippen molar-refractivity contribution in [3.8, 4) is 5.75 Å². The van der Waals surface area contributed by atoms with Gasteiger partial charge in [-0.3, -0.25) is 9.59 Å². The van der Waals surface area contributed by atoms with E-state index in [9.17, 15) is 51.3 Å². The van der Waals surface area contributed by atoms with Crippen molar-refractivity contribution in [1.29, 1.82) is 0 Å². The van der Waals surface area contributed by atoms with Gasteiger partial charge in [-0.25, -0.2) is 5.32 Å². The van der Waals surface area contributed by atoms with Crippen LogP contribution in [-0.2, 0) is 19.1 Å². The lowest BCUT2D eigenvalue weighted by molar-refractivity contribution is -0.376. The number of benzene rings is 1. The molecule has 1 aromatic carbocycles. The highest BCUT2D eigenvalue weighted by Gasteiger charge is 2.78. The minimum atomic E-state index is -5.96. The highest BCUT2D eigenvalue weighted by atomic mass is 19.4. The predicted molar refractivity (Wildman–Crippen MR) is 96.2 cm³/mol. The Morgan fingerprint density at radius 1 is 0.879 bits per heavy atom. The van der Waals surface area contributed by atoms with E-state index in [0.717, 1.165) is 24.3 Å². The molecule has 1 fully saturated rings. The number of ether oxygens (including phenoxy) is 2. The van der Waals surface area contributed by atoms with Gasteiger partial charge in [0.2, 0.25) is 11.4 Å². The molecule has 4 N–H and O–H groups in total. The van der Waals surface area contributed by atoms with E-state index in [2.05, 4.69) is 9.47 Å². The number of aliphatic hydroxyl groups is 2. The maximum atomic E-state index is 14.0. The first-order valence-electron chi connectivity index (χ1n) is 9.54. The number of nitrogens with one attached hydrogen (secondary N) is 1. The zero-order valence-corrected chi connectivity index (χ0v) is 17.2. The summed E-state index contributed by atoms with van der Waals surface area (Å²) in [5.41, 5.74) is -9.89. The predicted octanol–water partition coefficient (Wildman–Crippen LogP) is 1.94. The molecule has 0 spiro atoms. The summed E-state index contributed by atoms with van der Waals surface area (Å²) in [6.07, 6.45) is -11.9. The zero-order chi connectivity index (χ0) is 25.4. The normalized spacial score (nSPS) is 30.5. The van der Waals surface area contributed by atoms with Crippen LogP contribution in [0.1, 0.15) is 25.3 Å². The van der Waals surface area contributed by atoms with E-state index < -0.39 is 78.0 Å². The van der Waals surface area contributed by atoms with Gasteiger partial charge in [0.15, 0.2) is 0 Å². The van der Waals surface area contributed by atoms with E-state index in [1.165, 1.54) is 13.8 Å². The fraction of sp³-hybridized carbons (Fsp3) is 0.579. The van der Waals surface area contributed by atoms with E-state index in [-0.39, 0.29) is 0 Å². The summed E-state index contributed by atoms with van der Waals surface area (Å²) >= 11 is 0. The molecule has 186 valence electrons. The second kappa shape index (κ2) is 8.99. The zero-order valence-electron chi connectivity index (χ0n) is 17.2. The summed E-state index contributed by atoms with van der Waals surface area (Å²) < 4.78 is 93.1. The first kappa shape index (κ1) is 26.7. The number of carbonyl (C=O) groups is 2. The van der Waals surface area contributed by atoms with Crippen LogP contribution in [0.5, 0.6) is 5.75 Å². The average Bonchev–Trinajstić information content (AvgIpc) is 2.66. The number of alkyl halides is 6. The van der Waals surface area contributed by atoms with Crippen LogP contribution in [0.4, 0.5) is 26.3 Å². The molecule has 1 aliphatic heterocycles. The maximum absolute atomic E-state index is 14.0. The standard InChI is InChI=1S/C19H21F6NO7/c1-3-32-14(28)12-11(9-5-7-10(27)8-6-9)13(15(29)33-4-2)17(31,19(23,24)25)26-16(12,30)18(20,21)22/h5-8,11-13,26-27,30-31H,3-4H2,1-2H3/t11?,12-,13+,16+,17-. The summed E-state index contributed by atoms with van der Waals surface area (Å²) in [6, 6.07) is 3.44.